The van der Waals surface area contributed by atoms with Crippen LogP contribution >= 0.6 is 0 Å². The Morgan fingerprint density at radius 2 is 2.05 bits per heavy atom. The Morgan fingerprint density at radius 1 is 1.32 bits per heavy atom. The predicted molar refractivity (Wildman–Crippen MR) is 82.1 cm³/mol. The van der Waals surface area contributed by atoms with Crippen molar-refractivity contribution in [1.82, 2.24) is 9.97 Å². The first kappa shape index (κ1) is 16.1. The first-order valence-electron chi connectivity index (χ1n) is 7.13. The second-order valence-corrected chi connectivity index (χ2v) is 5.94. The highest BCUT2D eigenvalue weighted by Gasteiger charge is 2.23. The van der Waals surface area contributed by atoms with Crippen LogP contribution < -0.4 is 0 Å². The molecule has 0 saturated carbocycles. The normalized spacial score (nSPS) is 11.3. The summed E-state index contributed by atoms with van der Waals surface area (Å²) < 4.78 is 18.5. The summed E-state index contributed by atoms with van der Waals surface area (Å²) in [7, 11) is 0. The zero-order valence-electron chi connectivity index (χ0n) is 13.2. The molecule has 0 aliphatic heterocycles. The van der Waals surface area contributed by atoms with Gasteiger partial charge in [-0.3, -0.25) is 0 Å². The zero-order chi connectivity index (χ0) is 16.3. The number of esters is 1. The largest absolute Gasteiger partial charge is 0.462 e. The van der Waals surface area contributed by atoms with Gasteiger partial charge in [-0.15, -0.1) is 0 Å². The molecule has 2 rings (SSSR count). The molecule has 0 aliphatic rings. The van der Waals surface area contributed by atoms with Gasteiger partial charge in [0.15, 0.2) is 0 Å². The van der Waals surface area contributed by atoms with Crippen molar-refractivity contribution in [2.75, 3.05) is 6.61 Å². The molecule has 1 aromatic carbocycles. The van der Waals surface area contributed by atoms with Gasteiger partial charge in [0.1, 0.15) is 17.2 Å². The monoisotopic (exact) mass is 302 g/mol. The number of carbonyl (C=O) groups is 1. The van der Waals surface area contributed by atoms with Gasteiger partial charge in [0, 0.05) is 17.2 Å². The van der Waals surface area contributed by atoms with Crippen molar-refractivity contribution >= 4 is 5.97 Å². The molecule has 2 aromatic rings. The highest BCUT2D eigenvalue weighted by molar-refractivity contribution is 5.95. The third-order valence-corrected chi connectivity index (χ3v) is 3.05. The summed E-state index contributed by atoms with van der Waals surface area (Å²) >= 11 is 0. The number of carbonyl (C=O) groups excluding carboxylic acids is 1. The third kappa shape index (κ3) is 3.47. The second kappa shape index (κ2) is 6.22. The third-order valence-electron chi connectivity index (χ3n) is 3.05. The van der Waals surface area contributed by atoms with E-state index in [4.69, 9.17) is 4.74 Å². The predicted octanol–water partition coefficient (Wildman–Crippen LogP) is 3.76. The Balaban J connectivity index is 2.62. The molecular weight excluding hydrogens is 283 g/mol. The number of nitrogens with zero attached hydrogens (tertiary/aromatic N) is 2. The summed E-state index contributed by atoms with van der Waals surface area (Å²) in [5.74, 6) is -0.315. The van der Waals surface area contributed by atoms with Gasteiger partial charge in [-0.2, -0.15) is 0 Å². The molecule has 1 heterocycles. The van der Waals surface area contributed by atoms with E-state index < -0.39 is 5.97 Å². The van der Waals surface area contributed by atoms with Crippen LogP contribution in [-0.4, -0.2) is 22.5 Å². The lowest BCUT2D eigenvalue weighted by molar-refractivity contribution is 0.0526. The number of hydrogen-bond donors (Lipinski definition) is 0. The van der Waals surface area contributed by atoms with Gasteiger partial charge in [-0.05, 0) is 19.1 Å². The van der Waals surface area contributed by atoms with Crippen LogP contribution in [-0.2, 0) is 10.2 Å². The lowest BCUT2D eigenvalue weighted by Crippen LogP contribution is -2.18. The Hall–Kier alpha value is -2.30. The highest BCUT2D eigenvalue weighted by atomic mass is 19.1. The molecule has 0 radical (unpaired) electrons. The summed E-state index contributed by atoms with van der Waals surface area (Å²) in [5.41, 5.74) is 0.865. The minimum atomic E-state index is -0.512. The molecule has 0 amide bonds. The zero-order valence-corrected chi connectivity index (χ0v) is 13.2. The van der Waals surface area contributed by atoms with E-state index in [0.717, 1.165) is 0 Å². The van der Waals surface area contributed by atoms with E-state index in [9.17, 15) is 9.18 Å². The summed E-state index contributed by atoms with van der Waals surface area (Å²) in [6.45, 7) is 7.90. The first-order chi connectivity index (χ1) is 10.3. The standard InChI is InChI=1S/C17H19FN2O2/c1-5-22-15(21)13-10-19-16(17(2,3)4)20-14(13)11-7-6-8-12(18)9-11/h6-10H,5H2,1-4H3. The SMILES string of the molecule is CCOC(=O)c1cnc(C(C)(C)C)nc1-c1cccc(F)c1. The van der Waals surface area contributed by atoms with Crippen LogP contribution in [0.4, 0.5) is 4.39 Å². The smallest absolute Gasteiger partial charge is 0.341 e. The number of halogens is 1. The molecule has 0 bridgehead atoms. The van der Waals surface area contributed by atoms with Crippen molar-refractivity contribution in [1.29, 1.82) is 0 Å². The molecule has 116 valence electrons. The molecular formula is C17H19FN2O2. The van der Waals surface area contributed by atoms with Crippen molar-refractivity contribution in [2.24, 2.45) is 0 Å². The van der Waals surface area contributed by atoms with Crippen molar-refractivity contribution in [3.63, 3.8) is 0 Å². The molecule has 5 heteroatoms. The molecule has 0 spiro atoms. The van der Waals surface area contributed by atoms with E-state index in [1.165, 1.54) is 18.3 Å². The molecule has 1 aromatic heterocycles. The van der Waals surface area contributed by atoms with E-state index in [1.54, 1.807) is 19.1 Å². The van der Waals surface area contributed by atoms with Gasteiger partial charge in [0.05, 0.1) is 12.3 Å². The average molecular weight is 302 g/mol. The van der Waals surface area contributed by atoms with Crippen LogP contribution in [0.5, 0.6) is 0 Å². The summed E-state index contributed by atoms with van der Waals surface area (Å²) in [5, 5.41) is 0. The summed E-state index contributed by atoms with van der Waals surface area (Å²) in [6.07, 6.45) is 1.45. The minimum absolute atomic E-state index is 0.237. The maximum atomic E-state index is 13.5. The molecule has 0 unspecified atom stereocenters. The fraction of sp³-hybridized carbons (Fsp3) is 0.353. The van der Waals surface area contributed by atoms with Gasteiger partial charge in [0.25, 0.3) is 0 Å². The van der Waals surface area contributed by atoms with Gasteiger partial charge in [-0.1, -0.05) is 32.9 Å². The van der Waals surface area contributed by atoms with E-state index in [2.05, 4.69) is 9.97 Å². The van der Waals surface area contributed by atoms with Crippen molar-refractivity contribution < 1.29 is 13.9 Å². The molecule has 0 N–H and O–H groups in total. The maximum Gasteiger partial charge on any atom is 0.341 e. The van der Waals surface area contributed by atoms with E-state index in [-0.39, 0.29) is 23.4 Å². The van der Waals surface area contributed by atoms with E-state index in [0.29, 0.717) is 17.1 Å². The van der Waals surface area contributed by atoms with Gasteiger partial charge in [0.2, 0.25) is 0 Å². The van der Waals surface area contributed by atoms with Crippen LogP contribution in [0.3, 0.4) is 0 Å². The first-order valence-corrected chi connectivity index (χ1v) is 7.13. The maximum absolute atomic E-state index is 13.5. The number of aromatic nitrogens is 2. The molecule has 0 saturated heterocycles. The van der Waals surface area contributed by atoms with Crippen LogP contribution in [0.1, 0.15) is 43.9 Å². The minimum Gasteiger partial charge on any atom is -0.462 e. The Morgan fingerprint density at radius 3 is 2.64 bits per heavy atom. The van der Waals surface area contributed by atoms with E-state index in [1.807, 2.05) is 20.8 Å². The lowest BCUT2D eigenvalue weighted by Gasteiger charge is -2.18. The van der Waals surface area contributed by atoms with Crippen molar-refractivity contribution in [3.8, 4) is 11.3 Å². The number of benzene rings is 1. The topological polar surface area (TPSA) is 52.1 Å². The fourth-order valence-electron chi connectivity index (χ4n) is 1.96. The number of ether oxygens (including phenoxy) is 1. The molecule has 0 aliphatic carbocycles. The molecule has 0 fully saturated rings. The van der Waals surface area contributed by atoms with E-state index >= 15 is 0 Å². The Labute approximate surface area is 129 Å². The van der Waals surface area contributed by atoms with Crippen LogP contribution in [0.25, 0.3) is 11.3 Å². The fourth-order valence-corrected chi connectivity index (χ4v) is 1.96. The van der Waals surface area contributed by atoms with Gasteiger partial charge >= 0.3 is 5.97 Å². The number of rotatable bonds is 3. The summed E-state index contributed by atoms with van der Waals surface area (Å²) in [6, 6.07) is 5.98. The van der Waals surface area contributed by atoms with Crippen LogP contribution in [0, 0.1) is 5.82 Å². The highest BCUT2D eigenvalue weighted by Crippen LogP contribution is 2.26. The number of hydrogen-bond acceptors (Lipinski definition) is 4. The van der Waals surface area contributed by atoms with Crippen LogP contribution in [0.2, 0.25) is 0 Å². The van der Waals surface area contributed by atoms with Gasteiger partial charge in [-0.25, -0.2) is 19.2 Å². The quantitative estimate of drug-likeness (QED) is 0.810. The molecule has 4 nitrogen and oxygen atoms in total. The van der Waals surface area contributed by atoms with Crippen LogP contribution in [0.15, 0.2) is 30.5 Å². The van der Waals surface area contributed by atoms with Gasteiger partial charge < -0.3 is 4.74 Å². The second-order valence-electron chi connectivity index (χ2n) is 5.94. The summed E-state index contributed by atoms with van der Waals surface area (Å²) in [4.78, 5) is 20.8. The van der Waals surface area contributed by atoms with Crippen molar-refractivity contribution in [3.05, 3.63) is 47.7 Å². The Bertz CT molecular complexity index is 693. The molecule has 0 atom stereocenters. The average Bonchev–Trinajstić information content (AvgIpc) is 2.46. The lowest BCUT2D eigenvalue weighted by atomic mass is 9.95. The Kier molecular flexibility index (Phi) is 4.54. The van der Waals surface area contributed by atoms with Crippen molar-refractivity contribution in [2.45, 2.75) is 33.1 Å². The molecule has 22 heavy (non-hydrogen) atoms.